The minimum Gasteiger partial charge on any atom is -0.454 e. The van der Waals surface area contributed by atoms with Crippen LogP contribution in [0.3, 0.4) is 0 Å². The van der Waals surface area contributed by atoms with E-state index in [9.17, 15) is 36.0 Å². The van der Waals surface area contributed by atoms with Crippen LogP contribution >= 0.6 is 0 Å². The Morgan fingerprint density at radius 1 is 0.560 bits per heavy atom. The van der Waals surface area contributed by atoms with Crippen molar-refractivity contribution in [2.45, 2.75) is 42.4 Å². The van der Waals surface area contributed by atoms with E-state index in [4.69, 9.17) is 23.8 Å². The third-order valence-electron chi connectivity index (χ3n) is 13.0. The van der Waals surface area contributed by atoms with Crippen LogP contribution in [0.4, 0.5) is 0 Å². The SMILES string of the molecule is CC(=O)c1ccc2c(C(C(=O)NS(=O)(=O)c3ccc(C)cc3)c3ccc4c(c3)OCO4)cn(C)c2c1.CON(C)C(=O)c1ccc2c(C(C(=O)NS(=O)(=O)c3ccc(C)cc3)c3ccc4c(c3)OCO4)cn(C)c2c1. The van der Waals surface area contributed by atoms with Gasteiger partial charge in [0.25, 0.3) is 26.0 Å². The number of sulfonamides is 2. The number of fused-ring (bicyclic) bond motifs is 4. The highest BCUT2D eigenvalue weighted by molar-refractivity contribution is 7.90. The average molecular weight is 1050 g/mol. The molecule has 2 aromatic heterocycles. The Morgan fingerprint density at radius 2 is 0.960 bits per heavy atom. The highest BCUT2D eigenvalue weighted by Gasteiger charge is 2.34. The predicted molar refractivity (Wildman–Crippen MR) is 277 cm³/mol. The predicted octanol–water partition coefficient (Wildman–Crippen LogP) is 7.54. The Morgan fingerprint density at radius 3 is 1.37 bits per heavy atom. The molecule has 20 heteroatoms. The fourth-order valence-electron chi connectivity index (χ4n) is 8.97. The maximum absolute atomic E-state index is 13.8. The number of aromatic nitrogens is 2. The zero-order valence-corrected chi connectivity index (χ0v) is 43.4. The van der Waals surface area contributed by atoms with Crippen molar-refractivity contribution in [1.29, 1.82) is 0 Å². The van der Waals surface area contributed by atoms with Crippen LogP contribution in [0.25, 0.3) is 21.8 Å². The number of hydrogen-bond acceptors (Lipinski definition) is 13. The molecule has 0 saturated heterocycles. The molecule has 18 nitrogen and oxygen atoms in total. The maximum atomic E-state index is 13.8. The molecule has 8 aromatic rings. The van der Waals surface area contributed by atoms with Gasteiger partial charge in [-0.3, -0.25) is 24.0 Å². The Kier molecular flexibility index (Phi) is 14.0. The molecule has 0 aliphatic carbocycles. The van der Waals surface area contributed by atoms with Gasteiger partial charge in [-0.05, 0) is 110 Å². The lowest BCUT2D eigenvalue weighted by atomic mass is 9.90. The molecule has 0 fully saturated rings. The Balaban J connectivity index is 0.000000184. The van der Waals surface area contributed by atoms with Gasteiger partial charge in [-0.1, -0.05) is 65.7 Å². The first kappa shape index (κ1) is 51.4. The molecule has 4 heterocycles. The molecule has 10 rings (SSSR count). The summed E-state index contributed by atoms with van der Waals surface area (Å²) in [6.07, 6.45) is 3.54. The van der Waals surface area contributed by atoms with Gasteiger partial charge in [0.2, 0.25) is 25.4 Å². The van der Waals surface area contributed by atoms with Crippen LogP contribution in [0.15, 0.2) is 144 Å². The first-order valence-corrected chi connectivity index (χ1v) is 26.3. The van der Waals surface area contributed by atoms with Crippen LogP contribution in [0, 0.1) is 13.8 Å². The van der Waals surface area contributed by atoms with Gasteiger partial charge < -0.3 is 28.1 Å². The lowest BCUT2D eigenvalue weighted by Crippen LogP contribution is -2.35. The second-order valence-corrected chi connectivity index (χ2v) is 21.4. The molecular weight excluding hydrogens is 1000 g/mol. The normalized spacial score (nSPS) is 13.4. The maximum Gasteiger partial charge on any atom is 0.277 e. The van der Waals surface area contributed by atoms with Crippen LogP contribution in [0.1, 0.15) is 72.9 Å². The number of nitrogens with zero attached hydrogens (tertiary/aromatic N) is 3. The molecule has 2 aliphatic heterocycles. The van der Waals surface area contributed by atoms with Gasteiger partial charge in [-0.15, -0.1) is 0 Å². The number of nitrogens with one attached hydrogen (secondary N) is 2. The highest BCUT2D eigenvalue weighted by Crippen LogP contribution is 2.41. The molecule has 2 aliphatic rings. The quantitative estimate of drug-likeness (QED) is 0.0843. The molecule has 75 heavy (non-hydrogen) atoms. The molecule has 2 N–H and O–H groups in total. The van der Waals surface area contributed by atoms with Gasteiger partial charge in [0.1, 0.15) is 0 Å². The minimum atomic E-state index is -4.15. The zero-order valence-electron chi connectivity index (χ0n) is 41.7. The van der Waals surface area contributed by atoms with E-state index in [2.05, 4.69) is 9.44 Å². The van der Waals surface area contributed by atoms with Crippen LogP contribution in [-0.2, 0) is 48.6 Å². The summed E-state index contributed by atoms with van der Waals surface area (Å²) < 4.78 is 82.4. The molecule has 2 unspecified atom stereocenters. The number of amides is 3. The fraction of sp³-hybridized carbons (Fsp3) is 0.200. The Labute approximate surface area is 432 Å². The van der Waals surface area contributed by atoms with Gasteiger partial charge in [-0.2, -0.15) is 0 Å². The van der Waals surface area contributed by atoms with E-state index in [1.807, 2.05) is 25.5 Å². The molecule has 3 amide bonds. The number of benzene rings is 6. The van der Waals surface area contributed by atoms with Crippen molar-refractivity contribution in [1.82, 2.24) is 23.6 Å². The summed E-state index contributed by atoms with van der Waals surface area (Å²) in [6.45, 7) is 5.31. The van der Waals surface area contributed by atoms with Gasteiger partial charge in [0, 0.05) is 66.5 Å². The van der Waals surface area contributed by atoms with Gasteiger partial charge in [0.15, 0.2) is 28.8 Å². The van der Waals surface area contributed by atoms with Crippen LogP contribution in [0.2, 0.25) is 0 Å². The molecular formula is C55H51N5O13S2. The van der Waals surface area contributed by atoms with E-state index in [1.54, 1.807) is 121 Å². The van der Waals surface area contributed by atoms with Crippen molar-refractivity contribution in [2.75, 3.05) is 27.7 Å². The summed E-state index contributed by atoms with van der Waals surface area (Å²) in [6, 6.07) is 33.0. The third kappa shape index (κ3) is 10.4. The summed E-state index contributed by atoms with van der Waals surface area (Å²) in [5, 5.41) is 2.52. The average Bonchev–Trinajstić information content (AvgIpc) is 4.19. The standard InChI is InChI=1S/C28H27N3O7S.C27H24N2O6S/c1-17-5-9-20(10-6-17)39(34,35)29-27(32)26(18-8-12-24-25(14-18)38-16-37-24)22-15-30(2)23-13-19(7-11-21(22)23)28(33)31(3)36-4;1-16-4-8-20(9-5-16)36(32,33)28-27(31)26(19-7-11-24-25(13-19)35-15-34-24)22-14-29(3)23-12-18(17(2)30)6-10-21(22)23/h5-15,26H,16H2,1-4H3,(H,29,32);4-14,26H,15H2,1-3H3,(H,28,31). The number of aryl methyl sites for hydroxylation is 4. The first-order chi connectivity index (χ1) is 35.7. The van der Waals surface area contributed by atoms with Gasteiger partial charge in [-0.25, -0.2) is 31.3 Å². The lowest BCUT2D eigenvalue weighted by molar-refractivity contribution is -0.120. The van der Waals surface area contributed by atoms with Crippen molar-refractivity contribution in [3.05, 3.63) is 178 Å². The summed E-state index contributed by atoms with van der Waals surface area (Å²) in [4.78, 5) is 57.1. The van der Waals surface area contributed by atoms with Crippen LogP contribution < -0.4 is 28.4 Å². The second-order valence-electron chi connectivity index (χ2n) is 18.1. The van der Waals surface area contributed by atoms with Crippen molar-refractivity contribution in [3.63, 3.8) is 0 Å². The number of carbonyl (C=O) groups is 4. The Hall–Kier alpha value is -8.46. The lowest BCUT2D eigenvalue weighted by Gasteiger charge is -2.18. The molecule has 0 saturated carbocycles. The fourth-order valence-corrected chi connectivity index (χ4v) is 11.0. The topological polar surface area (TPSA) is 220 Å². The monoisotopic (exact) mass is 1050 g/mol. The number of hydroxylamine groups is 2. The largest absolute Gasteiger partial charge is 0.454 e. The van der Waals surface area contributed by atoms with E-state index < -0.39 is 43.7 Å². The van der Waals surface area contributed by atoms with E-state index in [0.717, 1.165) is 27.1 Å². The molecule has 0 bridgehead atoms. The van der Waals surface area contributed by atoms with Gasteiger partial charge >= 0.3 is 0 Å². The smallest absolute Gasteiger partial charge is 0.277 e. The second kappa shape index (κ2) is 20.5. The van der Waals surface area contributed by atoms with Crippen molar-refractivity contribution < 1.29 is 59.8 Å². The summed E-state index contributed by atoms with van der Waals surface area (Å²) in [7, 11) is -1.76. The number of ether oxygens (including phenoxy) is 4. The minimum absolute atomic E-state index is 0.00472. The molecule has 0 radical (unpaired) electrons. The van der Waals surface area contributed by atoms with Crippen molar-refractivity contribution in [3.8, 4) is 23.0 Å². The number of carbonyl (C=O) groups excluding carboxylic acids is 4. The number of ketones is 1. The van der Waals surface area contributed by atoms with Crippen LogP contribution in [-0.4, -0.2) is 82.3 Å². The number of Topliss-reactive ketones (excluding diaryl/α,β-unsaturated/α-hetero) is 1. The molecule has 0 spiro atoms. The summed E-state index contributed by atoms with van der Waals surface area (Å²) in [5.74, 6) is -1.83. The third-order valence-corrected chi connectivity index (χ3v) is 15.7. The zero-order chi connectivity index (χ0) is 53.5. The summed E-state index contributed by atoms with van der Waals surface area (Å²) in [5.41, 5.74) is 6.37. The van der Waals surface area contributed by atoms with Crippen molar-refractivity contribution >= 4 is 65.4 Å². The van der Waals surface area contributed by atoms with Crippen molar-refractivity contribution in [2.24, 2.45) is 14.1 Å². The summed E-state index contributed by atoms with van der Waals surface area (Å²) >= 11 is 0. The highest BCUT2D eigenvalue weighted by atomic mass is 32.2. The van der Waals surface area contributed by atoms with Crippen LogP contribution in [0.5, 0.6) is 23.0 Å². The molecule has 6 aromatic carbocycles. The van der Waals surface area contributed by atoms with E-state index in [1.165, 1.54) is 45.3 Å². The first-order valence-electron chi connectivity index (χ1n) is 23.3. The number of rotatable bonds is 13. The molecule has 2 atom stereocenters. The van der Waals surface area contributed by atoms with E-state index in [0.29, 0.717) is 67.3 Å². The van der Waals surface area contributed by atoms with E-state index in [-0.39, 0.29) is 35.1 Å². The Bertz CT molecular complexity index is 3810. The molecule has 386 valence electrons. The van der Waals surface area contributed by atoms with E-state index >= 15 is 0 Å². The number of hydrogen-bond donors (Lipinski definition) is 2. The van der Waals surface area contributed by atoms with Gasteiger partial charge in [0.05, 0.1) is 28.7 Å².